The van der Waals surface area contributed by atoms with Gasteiger partial charge in [0.05, 0.1) is 0 Å². The molecule has 6 heteroatoms. The summed E-state index contributed by atoms with van der Waals surface area (Å²) in [4.78, 5) is 37.8. The Morgan fingerprint density at radius 3 is 1.03 bits per heavy atom. The third-order valence-corrected chi connectivity index (χ3v) is 10.9. The molecule has 0 bridgehead atoms. The molecular formula is C52H94O6. The summed E-state index contributed by atoms with van der Waals surface area (Å²) >= 11 is 0. The molecule has 0 unspecified atom stereocenters. The van der Waals surface area contributed by atoms with E-state index in [9.17, 15) is 14.4 Å². The van der Waals surface area contributed by atoms with Gasteiger partial charge in [-0.05, 0) is 51.4 Å². The van der Waals surface area contributed by atoms with E-state index in [4.69, 9.17) is 14.2 Å². The molecule has 0 radical (unpaired) electrons. The van der Waals surface area contributed by atoms with Crippen LogP contribution in [0.15, 0.2) is 36.5 Å². The van der Waals surface area contributed by atoms with E-state index in [0.29, 0.717) is 25.7 Å². The molecular weight excluding hydrogens is 721 g/mol. The van der Waals surface area contributed by atoms with Gasteiger partial charge in [-0.25, -0.2) is 0 Å². The highest BCUT2D eigenvalue weighted by molar-refractivity contribution is 5.71. The average Bonchev–Trinajstić information content (AvgIpc) is 3.22. The maximum Gasteiger partial charge on any atom is 0.306 e. The molecule has 0 spiro atoms. The van der Waals surface area contributed by atoms with Crippen LogP contribution in [0.2, 0.25) is 0 Å². The van der Waals surface area contributed by atoms with Crippen molar-refractivity contribution in [2.24, 2.45) is 0 Å². The van der Waals surface area contributed by atoms with E-state index in [0.717, 1.165) is 57.8 Å². The van der Waals surface area contributed by atoms with Crippen molar-refractivity contribution in [2.45, 2.75) is 264 Å². The number of hydrogen-bond acceptors (Lipinski definition) is 6. The fourth-order valence-electron chi connectivity index (χ4n) is 7.11. The number of allylic oxidation sites excluding steroid dienone is 6. The molecule has 6 nitrogen and oxygen atoms in total. The van der Waals surface area contributed by atoms with Gasteiger partial charge in [0.15, 0.2) is 6.10 Å². The molecule has 0 rings (SSSR count). The van der Waals surface area contributed by atoms with Crippen molar-refractivity contribution in [3.05, 3.63) is 36.5 Å². The lowest BCUT2D eigenvalue weighted by Gasteiger charge is -2.18. The number of rotatable bonds is 45. The van der Waals surface area contributed by atoms with Crippen molar-refractivity contribution in [1.29, 1.82) is 0 Å². The first kappa shape index (κ1) is 55.6. The SMILES string of the molecule is CCCCCCCC/C=C\C/C=C\C/C=C\CCCC(=O)OC[C@H](COC(=O)CCCCCCCCCCCCCC)OC(=O)CCCCCCCCCCCCC. The smallest absolute Gasteiger partial charge is 0.306 e. The van der Waals surface area contributed by atoms with Crippen molar-refractivity contribution >= 4 is 17.9 Å². The fraction of sp³-hybridized carbons (Fsp3) is 0.827. The Bertz CT molecular complexity index is 984. The number of unbranched alkanes of at least 4 members (excludes halogenated alkanes) is 28. The molecule has 338 valence electrons. The predicted molar refractivity (Wildman–Crippen MR) is 247 cm³/mol. The van der Waals surface area contributed by atoms with Gasteiger partial charge in [0.1, 0.15) is 13.2 Å². The Labute approximate surface area is 359 Å². The Morgan fingerprint density at radius 1 is 0.345 bits per heavy atom. The van der Waals surface area contributed by atoms with Gasteiger partial charge in [-0.2, -0.15) is 0 Å². The van der Waals surface area contributed by atoms with Crippen molar-refractivity contribution < 1.29 is 28.6 Å². The monoisotopic (exact) mass is 815 g/mol. The number of carbonyl (C=O) groups is 3. The first-order valence-corrected chi connectivity index (χ1v) is 25.0. The van der Waals surface area contributed by atoms with Crippen molar-refractivity contribution in [1.82, 2.24) is 0 Å². The van der Waals surface area contributed by atoms with Crippen LogP contribution in [0.1, 0.15) is 258 Å². The quantitative estimate of drug-likeness (QED) is 0.0264. The summed E-state index contributed by atoms with van der Waals surface area (Å²) in [5, 5.41) is 0. The first-order chi connectivity index (χ1) is 28.5. The zero-order valence-electron chi connectivity index (χ0n) is 38.6. The van der Waals surface area contributed by atoms with Gasteiger partial charge in [-0.15, -0.1) is 0 Å². The van der Waals surface area contributed by atoms with Crippen LogP contribution < -0.4 is 0 Å². The molecule has 0 fully saturated rings. The topological polar surface area (TPSA) is 78.9 Å². The second kappa shape index (κ2) is 47.3. The van der Waals surface area contributed by atoms with E-state index in [1.165, 1.54) is 154 Å². The summed E-state index contributed by atoms with van der Waals surface area (Å²) in [6.45, 7) is 6.59. The number of esters is 3. The normalized spacial score (nSPS) is 12.3. The summed E-state index contributed by atoms with van der Waals surface area (Å²) < 4.78 is 16.7. The van der Waals surface area contributed by atoms with E-state index >= 15 is 0 Å². The first-order valence-electron chi connectivity index (χ1n) is 25.0. The largest absolute Gasteiger partial charge is 0.462 e. The van der Waals surface area contributed by atoms with E-state index in [1.54, 1.807) is 0 Å². The standard InChI is InChI=1S/C52H94O6/c1-4-7-10-13-16-19-22-24-25-26-27-28-31-33-36-39-42-45-51(54)57-48-49(58-52(55)46-43-40-37-34-29-21-18-15-12-9-6-3)47-56-50(53)44-41-38-35-32-30-23-20-17-14-11-8-5-2/h24-25,27-28,33,36,49H,4-23,26,29-32,34-35,37-48H2,1-3H3/b25-24-,28-27-,36-33-/t49-/m0/s1. The van der Waals surface area contributed by atoms with E-state index in [2.05, 4.69) is 57.2 Å². The van der Waals surface area contributed by atoms with Crippen molar-refractivity contribution in [3.8, 4) is 0 Å². The lowest BCUT2D eigenvalue weighted by Crippen LogP contribution is -2.30. The Morgan fingerprint density at radius 2 is 0.638 bits per heavy atom. The maximum absolute atomic E-state index is 12.7. The van der Waals surface area contributed by atoms with E-state index in [1.807, 2.05) is 0 Å². The van der Waals surface area contributed by atoms with E-state index in [-0.39, 0.29) is 31.1 Å². The Hall–Kier alpha value is -2.37. The van der Waals surface area contributed by atoms with Gasteiger partial charge in [-0.3, -0.25) is 14.4 Å². The Kier molecular flexibility index (Phi) is 45.4. The molecule has 0 aliphatic rings. The molecule has 0 aromatic carbocycles. The maximum atomic E-state index is 12.7. The summed E-state index contributed by atoms with van der Waals surface area (Å²) in [5.74, 6) is -0.931. The zero-order chi connectivity index (χ0) is 42.3. The van der Waals surface area contributed by atoms with Gasteiger partial charge in [0.25, 0.3) is 0 Å². The third kappa shape index (κ3) is 44.7. The van der Waals surface area contributed by atoms with Gasteiger partial charge in [0, 0.05) is 19.3 Å². The Balaban J connectivity index is 4.40. The molecule has 58 heavy (non-hydrogen) atoms. The van der Waals surface area contributed by atoms with Crippen LogP contribution in [0.25, 0.3) is 0 Å². The van der Waals surface area contributed by atoms with Gasteiger partial charge in [0.2, 0.25) is 0 Å². The minimum Gasteiger partial charge on any atom is -0.462 e. The van der Waals surface area contributed by atoms with Crippen LogP contribution in [-0.2, 0) is 28.6 Å². The van der Waals surface area contributed by atoms with Crippen LogP contribution in [0.4, 0.5) is 0 Å². The molecule has 0 saturated heterocycles. The third-order valence-electron chi connectivity index (χ3n) is 10.9. The highest BCUT2D eigenvalue weighted by Crippen LogP contribution is 2.15. The van der Waals surface area contributed by atoms with E-state index < -0.39 is 6.10 Å². The summed E-state index contributed by atoms with van der Waals surface area (Å²) in [7, 11) is 0. The zero-order valence-corrected chi connectivity index (χ0v) is 38.6. The fourth-order valence-corrected chi connectivity index (χ4v) is 7.11. The number of hydrogen-bond donors (Lipinski definition) is 0. The number of carbonyl (C=O) groups excluding carboxylic acids is 3. The molecule has 0 heterocycles. The van der Waals surface area contributed by atoms with Crippen LogP contribution in [0.5, 0.6) is 0 Å². The molecule has 1 atom stereocenters. The van der Waals surface area contributed by atoms with Crippen molar-refractivity contribution in [3.63, 3.8) is 0 Å². The molecule has 0 saturated carbocycles. The van der Waals surface area contributed by atoms with Crippen LogP contribution >= 0.6 is 0 Å². The lowest BCUT2D eigenvalue weighted by atomic mass is 10.0. The predicted octanol–water partition coefficient (Wildman–Crippen LogP) is 16.1. The van der Waals surface area contributed by atoms with Crippen LogP contribution in [-0.4, -0.2) is 37.2 Å². The van der Waals surface area contributed by atoms with Crippen LogP contribution in [0.3, 0.4) is 0 Å². The summed E-state index contributed by atoms with van der Waals surface area (Å²) in [6.07, 6.45) is 54.2. The highest BCUT2D eigenvalue weighted by Gasteiger charge is 2.19. The molecule has 0 N–H and O–H groups in total. The van der Waals surface area contributed by atoms with Gasteiger partial charge >= 0.3 is 17.9 Å². The molecule has 0 aliphatic heterocycles. The average molecular weight is 815 g/mol. The summed E-state index contributed by atoms with van der Waals surface area (Å²) in [5.41, 5.74) is 0. The molecule has 0 aromatic heterocycles. The number of ether oxygens (including phenoxy) is 3. The highest BCUT2D eigenvalue weighted by atomic mass is 16.6. The summed E-state index contributed by atoms with van der Waals surface area (Å²) in [6, 6.07) is 0. The molecule has 0 aromatic rings. The second-order valence-electron chi connectivity index (χ2n) is 16.7. The molecule has 0 amide bonds. The van der Waals surface area contributed by atoms with Gasteiger partial charge < -0.3 is 14.2 Å². The van der Waals surface area contributed by atoms with Crippen LogP contribution in [0, 0.1) is 0 Å². The van der Waals surface area contributed by atoms with Gasteiger partial charge in [-0.1, -0.05) is 224 Å². The minimum absolute atomic E-state index is 0.0838. The minimum atomic E-state index is -0.785. The van der Waals surface area contributed by atoms with Crippen molar-refractivity contribution in [2.75, 3.05) is 13.2 Å². The molecule has 0 aliphatic carbocycles. The second-order valence-corrected chi connectivity index (χ2v) is 16.7. The lowest BCUT2D eigenvalue weighted by molar-refractivity contribution is -0.167.